The zero-order chi connectivity index (χ0) is 21.2. The van der Waals surface area contributed by atoms with Gasteiger partial charge in [-0.2, -0.15) is 0 Å². The van der Waals surface area contributed by atoms with Gasteiger partial charge in [0.15, 0.2) is 5.60 Å². The van der Waals surface area contributed by atoms with Crippen LogP contribution >= 0.6 is 11.6 Å². The molecule has 4 rings (SSSR count). The van der Waals surface area contributed by atoms with Gasteiger partial charge in [-0.25, -0.2) is 0 Å². The molecule has 5 nitrogen and oxygen atoms in total. The molecule has 1 saturated carbocycles. The Morgan fingerprint density at radius 2 is 1.93 bits per heavy atom. The van der Waals surface area contributed by atoms with E-state index >= 15 is 0 Å². The zero-order valence-corrected chi connectivity index (χ0v) is 18.8. The monoisotopic (exact) mass is 418 g/mol. The summed E-state index contributed by atoms with van der Waals surface area (Å²) in [7, 11) is 0. The summed E-state index contributed by atoms with van der Waals surface area (Å²) < 4.78 is 5.87. The molecule has 1 aromatic rings. The van der Waals surface area contributed by atoms with Crippen molar-refractivity contribution < 1.29 is 14.3 Å². The first kappa shape index (κ1) is 20.5. The maximum Gasteiger partial charge on any atom is 0.270 e. The first-order valence-corrected chi connectivity index (χ1v) is 10.9. The third kappa shape index (κ3) is 3.74. The minimum atomic E-state index is -0.967. The summed E-state index contributed by atoms with van der Waals surface area (Å²) in [6.07, 6.45) is 3.60. The highest BCUT2D eigenvalue weighted by atomic mass is 35.5. The Bertz CT molecular complexity index is 866. The highest BCUT2D eigenvalue weighted by Crippen LogP contribution is 2.52. The van der Waals surface area contributed by atoms with Crippen LogP contribution in [-0.2, 0) is 9.59 Å². The lowest BCUT2D eigenvalue weighted by Crippen LogP contribution is -2.53. The van der Waals surface area contributed by atoms with Crippen molar-refractivity contribution >= 4 is 29.1 Å². The van der Waals surface area contributed by atoms with Crippen LogP contribution in [0, 0.1) is 10.8 Å². The Hall–Kier alpha value is -1.75. The number of halogens is 1. The van der Waals surface area contributed by atoms with Crippen LogP contribution in [0.1, 0.15) is 60.3 Å². The van der Waals surface area contributed by atoms with Crippen LogP contribution in [0.15, 0.2) is 18.2 Å². The Balaban J connectivity index is 1.51. The number of hydrogen-bond donors (Lipinski definition) is 0. The molecule has 2 heterocycles. The van der Waals surface area contributed by atoms with E-state index in [9.17, 15) is 9.59 Å². The van der Waals surface area contributed by atoms with Gasteiger partial charge in [-0.05, 0) is 62.1 Å². The molecule has 6 heteroatoms. The Kier molecular flexibility index (Phi) is 4.69. The van der Waals surface area contributed by atoms with Gasteiger partial charge in [-0.15, -0.1) is 0 Å². The van der Waals surface area contributed by atoms with E-state index in [4.69, 9.17) is 16.3 Å². The third-order valence-corrected chi connectivity index (χ3v) is 6.86. The second kappa shape index (κ2) is 6.63. The maximum atomic E-state index is 13.2. The highest BCUT2D eigenvalue weighted by molar-refractivity contribution is 6.31. The molecule has 158 valence electrons. The number of hydrogen-bond acceptors (Lipinski definition) is 3. The molecule has 3 aliphatic rings. The molecule has 2 unspecified atom stereocenters. The Morgan fingerprint density at radius 1 is 1.21 bits per heavy atom. The predicted molar refractivity (Wildman–Crippen MR) is 114 cm³/mol. The number of anilines is 1. The standard InChI is InChI=1S/C23H31ClN2O3/c1-21(2)11-16-12-23(5,13-21)14-26(16)19(27)8-9-25-17-10-15(24)6-7-18(17)29-22(3,4)20(25)28/h6-7,10,16H,8-9,11-14H2,1-5H3. The first-order valence-electron chi connectivity index (χ1n) is 10.5. The fourth-order valence-electron chi connectivity index (χ4n) is 5.87. The molecule has 2 aliphatic heterocycles. The van der Waals surface area contributed by atoms with Gasteiger partial charge >= 0.3 is 0 Å². The molecule has 1 aliphatic carbocycles. The van der Waals surface area contributed by atoms with E-state index in [1.807, 2.05) is 0 Å². The maximum absolute atomic E-state index is 13.2. The van der Waals surface area contributed by atoms with Gasteiger partial charge in [0.05, 0.1) is 5.69 Å². The summed E-state index contributed by atoms with van der Waals surface area (Å²) in [6.45, 7) is 11.6. The first-order chi connectivity index (χ1) is 13.4. The van der Waals surface area contributed by atoms with Crippen LogP contribution in [-0.4, -0.2) is 41.4 Å². The van der Waals surface area contributed by atoms with Crippen molar-refractivity contribution in [1.82, 2.24) is 4.90 Å². The summed E-state index contributed by atoms with van der Waals surface area (Å²) in [6, 6.07) is 5.59. The second-order valence-electron chi connectivity index (χ2n) is 10.7. The SMILES string of the molecule is CC1(C)CC2CC(C)(CN2C(=O)CCN2C(=O)C(C)(C)Oc3ccc(Cl)cc32)C1. The molecule has 0 N–H and O–H groups in total. The lowest BCUT2D eigenvalue weighted by Gasteiger charge is -2.40. The second-order valence-corrected chi connectivity index (χ2v) is 11.1. The highest BCUT2D eigenvalue weighted by Gasteiger charge is 2.51. The molecule has 1 saturated heterocycles. The van der Waals surface area contributed by atoms with Crippen LogP contribution < -0.4 is 9.64 Å². The number of likely N-dealkylation sites (tertiary alicyclic amines) is 1. The van der Waals surface area contributed by atoms with Crippen LogP contribution in [0.3, 0.4) is 0 Å². The zero-order valence-electron chi connectivity index (χ0n) is 18.0. The molecule has 2 atom stereocenters. The van der Waals surface area contributed by atoms with E-state index < -0.39 is 5.60 Å². The van der Waals surface area contributed by atoms with E-state index in [0.717, 1.165) is 25.8 Å². The molecule has 0 radical (unpaired) electrons. The molecule has 2 amide bonds. The lowest BCUT2D eigenvalue weighted by molar-refractivity contribution is -0.133. The topological polar surface area (TPSA) is 49.9 Å². The Morgan fingerprint density at radius 3 is 2.66 bits per heavy atom. The smallest absolute Gasteiger partial charge is 0.270 e. The molecule has 29 heavy (non-hydrogen) atoms. The largest absolute Gasteiger partial charge is 0.476 e. The quantitative estimate of drug-likeness (QED) is 0.717. The van der Waals surface area contributed by atoms with Gasteiger partial charge in [0, 0.05) is 30.6 Å². The fraction of sp³-hybridized carbons (Fsp3) is 0.652. The van der Waals surface area contributed by atoms with Crippen molar-refractivity contribution in [3.05, 3.63) is 23.2 Å². The lowest BCUT2D eigenvalue weighted by atomic mass is 9.65. The molecule has 0 aromatic heterocycles. The van der Waals surface area contributed by atoms with Gasteiger partial charge in [0.25, 0.3) is 5.91 Å². The van der Waals surface area contributed by atoms with E-state index in [0.29, 0.717) is 35.5 Å². The number of benzene rings is 1. The van der Waals surface area contributed by atoms with Crippen molar-refractivity contribution in [2.75, 3.05) is 18.0 Å². The minimum Gasteiger partial charge on any atom is -0.476 e. The third-order valence-electron chi connectivity index (χ3n) is 6.62. The average Bonchev–Trinajstić information content (AvgIpc) is 2.84. The van der Waals surface area contributed by atoms with Gasteiger partial charge in [-0.1, -0.05) is 32.4 Å². The van der Waals surface area contributed by atoms with E-state index in [-0.39, 0.29) is 22.6 Å². The minimum absolute atomic E-state index is 0.136. The molecular formula is C23H31ClN2O3. The number of nitrogens with zero attached hydrogens (tertiary/aromatic N) is 2. The van der Waals surface area contributed by atoms with E-state index in [1.165, 1.54) is 0 Å². The summed E-state index contributed by atoms with van der Waals surface area (Å²) >= 11 is 6.16. The van der Waals surface area contributed by atoms with Crippen molar-refractivity contribution in [3.63, 3.8) is 0 Å². The van der Waals surface area contributed by atoms with Gasteiger partial charge < -0.3 is 14.5 Å². The number of ether oxygens (including phenoxy) is 1. The van der Waals surface area contributed by atoms with Crippen molar-refractivity contribution in [2.45, 2.75) is 71.9 Å². The van der Waals surface area contributed by atoms with Gasteiger partial charge in [0.2, 0.25) is 5.91 Å². The number of carbonyl (C=O) groups is 2. The normalized spacial score (nSPS) is 29.4. The fourth-order valence-corrected chi connectivity index (χ4v) is 6.03. The van der Waals surface area contributed by atoms with E-state index in [1.54, 1.807) is 36.9 Å². The number of rotatable bonds is 3. The number of fused-ring (bicyclic) bond motifs is 3. The number of amides is 2. The van der Waals surface area contributed by atoms with Crippen molar-refractivity contribution in [1.29, 1.82) is 0 Å². The van der Waals surface area contributed by atoms with Crippen LogP contribution in [0.25, 0.3) is 0 Å². The number of carbonyl (C=O) groups excluding carboxylic acids is 2. The summed E-state index contributed by atoms with van der Waals surface area (Å²) in [5.74, 6) is 0.614. The van der Waals surface area contributed by atoms with Crippen LogP contribution in [0.4, 0.5) is 5.69 Å². The Labute approximate surface area is 178 Å². The van der Waals surface area contributed by atoms with Crippen LogP contribution in [0.5, 0.6) is 5.75 Å². The predicted octanol–water partition coefficient (Wildman–Crippen LogP) is 4.66. The van der Waals surface area contributed by atoms with Gasteiger partial charge in [0.1, 0.15) is 5.75 Å². The molecular weight excluding hydrogens is 388 g/mol. The molecule has 2 bridgehead atoms. The summed E-state index contributed by atoms with van der Waals surface area (Å²) in [4.78, 5) is 29.9. The van der Waals surface area contributed by atoms with E-state index in [2.05, 4.69) is 25.7 Å². The summed E-state index contributed by atoms with van der Waals surface area (Å²) in [5.41, 5.74) is 0.153. The van der Waals surface area contributed by atoms with Crippen molar-refractivity contribution in [3.8, 4) is 5.75 Å². The average molecular weight is 419 g/mol. The molecule has 0 spiro atoms. The molecule has 2 fully saturated rings. The van der Waals surface area contributed by atoms with Crippen LogP contribution in [0.2, 0.25) is 5.02 Å². The summed E-state index contributed by atoms with van der Waals surface area (Å²) in [5, 5.41) is 0.541. The molecule has 1 aromatic carbocycles. The van der Waals surface area contributed by atoms with Gasteiger partial charge in [-0.3, -0.25) is 9.59 Å². The van der Waals surface area contributed by atoms with Crippen molar-refractivity contribution in [2.24, 2.45) is 10.8 Å².